The molecule has 4 aliphatic carbocycles. The van der Waals surface area contributed by atoms with E-state index in [2.05, 4.69) is 97.1 Å². The Kier molecular flexibility index (Phi) is 12.0. The van der Waals surface area contributed by atoms with Gasteiger partial charge in [0.05, 0.1) is 0 Å². The minimum Gasteiger partial charge on any atom is -0.446 e. The molecule has 0 atom stereocenters. The third-order valence-electron chi connectivity index (χ3n) is 13.6. The van der Waals surface area contributed by atoms with Gasteiger partial charge in [-0.3, -0.25) is 0 Å². The van der Waals surface area contributed by atoms with Gasteiger partial charge in [0.2, 0.25) is 18.1 Å². The molecule has 0 aliphatic heterocycles. The minimum atomic E-state index is -2.13. The van der Waals surface area contributed by atoms with E-state index in [1.54, 1.807) is 43.0 Å². The smallest absolute Gasteiger partial charge is 0.229 e. The van der Waals surface area contributed by atoms with Gasteiger partial charge in [-0.2, -0.15) is 0 Å². The number of benzene rings is 4. The van der Waals surface area contributed by atoms with Crippen LogP contribution in [0.5, 0.6) is 0 Å². The summed E-state index contributed by atoms with van der Waals surface area (Å²) in [6.45, 7) is 0. The Balaban J connectivity index is 1.31. The molecule has 268 valence electrons. The predicted octanol–water partition coefficient (Wildman–Crippen LogP) is 10.3. The fourth-order valence-electron chi connectivity index (χ4n) is 10.9. The van der Waals surface area contributed by atoms with Crippen LogP contribution in [0.4, 0.5) is 0 Å². The zero-order valence-corrected chi connectivity index (χ0v) is 33.6. The third kappa shape index (κ3) is 8.11. The molecule has 4 fully saturated rings. The van der Waals surface area contributed by atoms with Gasteiger partial charge >= 0.3 is 0 Å². The molecule has 4 saturated carbocycles. The lowest BCUT2D eigenvalue weighted by Crippen LogP contribution is -2.59. The summed E-state index contributed by atoms with van der Waals surface area (Å²) in [5.41, 5.74) is 6.50. The van der Waals surface area contributed by atoms with Crippen LogP contribution in [0.3, 0.4) is 0 Å². The van der Waals surface area contributed by atoms with Gasteiger partial charge in [0, 0.05) is 0 Å². The lowest BCUT2D eigenvalue weighted by Gasteiger charge is -2.35. The second-order valence-corrected chi connectivity index (χ2v) is 21.8. The summed E-state index contributed by atoms with van der Waals surface area (Å²) in [6, 6.07) is 38.9. The zero-order valence-electron chi connectivity index (χ0n) is 31.3. The van der Waals surface area contributed by atoms with E-state index in [1.165, 1.54) is 128 Å². The highest BCUT2D eigenvalue weighted by Gasteiger charge is 2.36. The Labute approximate surface area is 313 Å². The lowest BCUT2D eigenvalue weighted by atomic mass is 9.84. The quantitative estimate of drug-likeness (QED) is 0.149. The van der Waals surface area contributed by atoms with Crippen molar-refractivity contribution in [3.63, 3.8) is 0 Å². The van der Waals surface area contributed by atoms with Gasteiger partial charge in [-0.05, 0) is 118 Å². The van der Waals surface area contributed by atoms with Crippen LogP contribution >= 0.6 is 0 Å². The first kappa shape index (κ1) is 35.3. The third-order valence-corrected chi connectivity index (χ3v) is 20.1. The average molecular weight is 711 g/mol. The number of hydrogen-bond donors (Lipinski definition) is 0. The topological polar surface area (TPSA) is 9.23 Å². The van der Waals surface area contributed by atoms with Gasteiger partial charge in [0.1, 0.15) is 0 Å². The summed E-state index contributed by atoms with van der Waals surface area (Å²) >= 11 is 0. The van der Waals surface area contributed by atoms with Crippen LogP contribution < -0.4 is 20.7 Å². The number of hydrogen-bond acceptors (Lipinski definition) is 1. The maximum absolute atomic E-state index is 8.40. The monoisotopic (exact) mass is 710 g/mol. The van der Waals surface area contributed by atoms with Crippen molar-refractivity contribution in [2.75, 3.05) is 0 Å². The van der Waals surface area contributed by atoms with Crippen LogP contribution in [0.2, 0.25) is 0 Å². The van der Waals surface area contributed by atoms with Crippen LogP contribution in [-0.2, 0) is 4.12 Å². The van der Waals surface area contributed by atoms with Crippen LogP contribution in [0.1, 0.15) is 174 Å². The molecule has 4 aliphatic rings. The van der Waals surface area contributed by atoms with E-state index in [1.807, 2.05) is 0 Å². The van der Waals surface area contributed by atoms with Crippen LogP contribution in [-0.4, -0.2) is 18.1 Å². The van der Waals surface area contributed by atoms with Crippen LogP contribution in [0, 0.1) is 0 Å². The molecule has 0 N–H and O–H groups in total. The summed E-state index contributed by atoms with van der Waals surface area (Å²) in [6.07, 6.45) is 27.2. The molecule has 8 rings (SSSR count). The van der Waals surface area contributed by atoms with Gasteiger partial charge in [-0.25, -0.2) is 0 Å². The predicted molar refractivity (Wildman–Crippen MR) is 223 cm³/mol. The Morgan fingerprint density at radius 3 is 0.745 bits per heavy atom. The Bertz CT molecular complexity index is 1440. The molecule has 0 unspecified atom stereocenters. The van der Waals surface area contributed by atoms with Gasteiger partial charge in [0.25, 0.3) is 0 Å². The van der Waals surface area contributed by atoms with Crippen molar-refractivity contribution >= 4 is 38.8 Å². The molecule has 0 amide bonds. The SMILES string of the molecule is c1ccc([SiH](O[SiH](c2ccccc2C2CCCCC2)c2ccccc2C2CCCCC2)c2ccccc2C2CCCCC2)c(C2CCCCC2)c1. The Morgan fingerprint density at radius 2 is 0.510 bits per heavy atom. The fraction of sp³-hybridized carbons (Fsp3) is 0.500. The van der Waals surface area contributed by atoms with E-state index in [0.717, 1.165) is 0 Å². The zero-order chi connectivity index (χ0) is 34.2. The second-order valence-electron chi connectivity index (χ2n) is 16.8. The molecule has 1 nitrogen and oxygen atoms in total. The molecule has 0 heterocycles. The molecular formula is C48H62OSi2. The summed E-state index contributed by atoms with van der Waals surface area (Å²) in [5, 5.41) is 6.37. The molecular weight excluding hydrogens is 649 g/mol. The van der Waals surface area contributed by atoms with Crippen molar-refractivity contribution < 1.29 is 4.12 Å². The molecule has 0 aromatic heterocycles. The van der Waals surface area contributed by atoms with Crippen molar-refractivity contribution in [2.45, 2.75) is 152 Å². The van der Waals surface area contributed by atoms with Crippen molar-refractivity contribution in [3.05, 3.63) is 119 Å². The molecule has 0 radical (unpaired) electrons. The summed E-state index contributed by atoms with van der Waals surface area (Å²) in [5.74, 6) is 2.67. The van der Waals surface area contributed by atoms with E-state index in [-0.39, 0.29) is 0 Å². The highest BCUT2D eigenvalue weighted by molar-refractivity contribution is 6.92. The van der Waals surface area contributed by atoms with E-state index < -0.39 is 18.1 Å². The van der Waals surface area contributed by atoms with E-state index in [4.69, 9.17) is 4.12 Å². The Hall–Kier alpha value is -2.73. The van der Waals surface area contributed by atoms with E-state index >= 15 is 0 Å². The molecule has 4 aromatic carbocycles. The first-order valence-corrected chi connectivity index (χ1v) is 24.6. The molecule has 3 heteroatoms. The molecule has 0 bridgehead atoms. The molecule has 4 aromatic rings. The minimum absolute atomic E-state index is 0.666. The highest BCUT2D eigenvalue weighted by Crippen LogP contribution is 2.36. The van der Waals surface area contributed by atoms with Crippen molar-refractivity contribution in [1.82, 2.24) is 0 Å². The largest absolute Gasteiger partial charge is 0.446 e. The second kappa shape index (κ2) is 17.4. The van der Waals surface area contributed by atoms with Crippen molar-refractivity contribution in [3.8, 4) is 0 Å². The highest BCUT2D eigenvalue weighted by atomic mass is 28.4. The van der Waals surface area contributed by atoms with Gasteiger partial charge < -0.3 is 4.12 Å². The van der Waals surface area contributed by atoms with Crippen molar-refractivity contribution in [2.24, 2.45) is 0 Å². The van der Waals surface area contributed by atoms with Gasteiger partial charge in [-0.1, -0.05) is 174 Å². The van der Waals surface area contributed by atoms with Gasteiger partial charge in [0.15, 0.2) is 0 Å². The van der Waals surface area contributed by atoms with Crippen molar-refractivity contribution in [1.29, 1.82) is 0 Å². The fourth-order valence-corrected chi connectivity index (χ4v) is 18.7. The van der Waals surface area contributed by atoms with E-state index in [0.29, 0.717) is 23.7 Å². The first-order chi connectivity index (χ1) is 25.3. The maximum Gasteiger partial charge on any atom is 0.229 e. The maximum atomic E-state index is 8.40. The first-order valence-electron chi connectivity index (χ1n) is 21.4. The standard InChI is InChI=1S/C48H62OSi2/c1-5-21-37(22-6-1)41-29-13-17-33-45(41)50(46-34-18-14-30-42(46)38-23-7-2-8-24-38)49-51(47-35-19-15-31-43(47)39-25-9-3-10-26-39)48-36-20-16-32-44(48)40-27-11-4-12-28-40/h13-20,29-40,50-51H,1-12,21-28H2. The average Bonchev–Trinajstić information content (AvgIpc) is 3.23. The summed E-state index contributed by atoms with van der Waals surface area (Å²) in [7, 11) is -4.27. The number of rotatable bonds is 10. The van der Waals surface area contributed by atoms with Crippen LogP contribution in [0.15, 0.2) is 97.1 Å². The molecule has 51 heavy (non-hydrogen) atoms. The van der Waals surface area contributed by atoms with Crippen LogP contribution in [0.25, 0.3) is 0 Å². The Morgan fingerprint density at radius 1 is 0.294 bits per heavy atom. The van der Waals surface area contributed by atoms with E-state index in [9.17, 15) is 0 Å². The summed E-state index contributed by atoms with van der Waals surface area (Å²) < 4.78 is 8.40. The summed E-state index contributed by atoms with van der Waals surface area (Å²) in [4.78, 5) is 0. The lowest BCUT2D eigenvalue weighted by molar-refractivity contribution is 0.443. The normalized spacial score (nSPS) is 20.3. The molecule has 0 saturated heterocycles. The van der Waals surface area contributed by atoms with Gasteiger partial charge in [-0.15, -0.1) is 0 Å². The molecule has 0 spiro atoms.